The van der Waals surface area contributed by atoms with E-state index in [0.717, 1.165) is 10.0 Å². The Labute approximate surface area is 133 Å². The first-order chi connectivity index (χ1) is 9.45. The molecule has 2 aromatic carbocycles. The fraction of sp³-hybridized carbons (Fsp3) is 0.133. The SMILES string of the molecule is COc1cccc(F)c1C(=O)c1cc(Br)c(C)cc1Br. The maximum atomic E-state index is 14.0. The first kappa shape index (κ1) is 15.2. The van der Waals surface area contributed by atoms with E-state index in [0.29, 0.717) is 10.0 Å². The minimum absolute atomic E-state index is 0.0635. The Morgan fingerprint density at radius 3 is 2.55 bits per heavy atom. The monoisotopic (exact) mass is 400 g/mol. The Morgan fingerprint density at radius 2 is 1.90 bits per heavy atom. The quantitative estimate of drug-likeness (QED) is 0.683. The van der Waals surface area contributed by atoms with E-state index in [1.54, 1.807) is 12.1 Å². The van der Waals surface area contributed by atoms with Crippen LogP contribution in [0.15, 0.2) is 39.3 Å². The molecule has 104 valence electrons. The second-order valence-corrected chi connectivity index (χ2v) is 5.94. The van der Waals surface area contributed by atoms with Gasteiger partial charge in [0.15, 0.2) is 0 Å². The molecule has 2 aromatic rings. The van der Waals surface area contributed by atoms with Crippen LogP contribution in [0.5, 0.6) is 5.75 Å². The molecule has 0 saturated heterocycles. The minimum Gasteiger partial charge on any atom is -0.496 e. The zero-order valence-electron chi connectivity index (χ0n) is 10.8. The molecule has 0 aliphatic carbocycles. The lowest BCUT2D eigenvalue weighted by Gasteiger charge is -2.11. The highest BCUT2D eigenvalue weighted by Gasteiger charge is 2.21. The topological polar surface area (TPSA) is 26.3 Å². The number of ketones is 1. The average Bonchev–Trinajstić information content (AvgIpc) is 2.41. The van der Waals surface area contributed by atoms with Crippen molar-refractivity contribution < 1.29 is 13.9 Å². The molecule has 0 amide bonds. The highest BCUT2D eigenvalue weighted by molar-refractivity contribution is 9.11. The predicted octanol–water partition coefficient (Wildman–Crippen LogP) is 4.90. The largest absolute Gasteiger partial charge is 0.496 e. The Kier molecular flexibility index (Phi) is 4.60. The third-order valence-electron chi connectivity index (χ3n) is 2.92. The first-order valence-corrected chi connectivity index (χ1v) is 7.37. The van der Waals surface area contributed by atoms with E-state index in [-0.39, 0.29) is 11.3 Å². The van der Waals surface area contributed by atoms with Crippen LogP contribution >= 0.6 is 31.9 Å². The summed E-state index contributed by atoms with van der Waals surface area (Å²) in [6, 6.07) is 7.80. The van der Waals surface area contributed by atoms with Gasteiger partial charge >= 0.3 is 0 Å². The van der Waals surface area contributed by atoms with E-state index in [1.165, 1.54) is 19.2 Å². The summed E-state index contributed by atoms with van der Waals surface area (Å²) < 4.78 is 20.4. The van der Waals surface area contributed by atoms with Crippen molar-refractivity contribution in [2.75, 3.05) is 7.11 Å². The molecule has 20 heavy (non-hydrogen) atoms. The third kappa shape index (κ3) is 2.79. The molecule has 0 heterocycles. The molecular weight excluding hydrogens is 391 g/mol. The van der Waals surface area contributed by atoms with Crippen molar-refractivity contribution in [3.05, 3.63) is 61.8 Å². The second kappa shape index (κ2) is 6.06. The highest BCUT2D eigenvalue weighted by atomic mass is 79.9. The molecule has 0 saturated carbocycles. The van der Waals surface area contributed by atoms with Gasteiger partial charge in [0.25, 0.3) is 0 Å². The minimum atomic E-state index is -0.599. The smallest absolute Gasteiger partial charge is 0.200 e. The molecule has 0 aliphatic rings. The number of halogens is 3. The van der Waals surface area contributed by atoms with Crippen LogP contribution in [0.4, 0.5) is 4.39 Å². The van der Waals surface area contributed by atoms with Gasteiger partial charge < -0.3 is 4.74 Å². The van der Waals surface area contributed by atoms with E-state index in [1.807, 2.05) is 13.0 Å². The van der Waals surface area contributed by atoms with Gasteiger partial charge in [-0.15, -0.1) is 0 Å². The van der Waals surface area contributed by atoms with E-state index < -0.39 is 11.6 Å². The van der Waals surface area contributed by atoms with Gasteiger partial charge in [-0.05, 0) is 36.8 Å². The summed E-state index contributed by atoms with van der Waals surface area (Å²) in [5.41, 5.74) is 1.30. The number of benzene rings is 2. The normalized spacial score (nSPS) is 10.4. The van der Waals surface area contributed by atoms with E-state index in [9.17, 15) is 9.18 Å². The van der Waals surface area contributed by atoms with Gasteiger partial charge in [-0.25, -0.2) is 4.39 Å². The number of carbonyl (C=O) groups excluding carboxylic acids is 1. The van der Waals surface area contributed by atoms with Crippen LogP contribution in [0.1, 0.15) is 21.5 Å². The molecular formula is C15H11Br2FO2. The van der Waals surface area contributed by atoms with Gasteiger partial charge in [0.1, 0.15) is 17.1 Å². The Morgan fingerprint density at radius 1 is 1.20 bits per heavy atom. The van der Waals surface area contributed by atoms with Crippen molar-refractivity contribution in [1.29, 1.82) is 0 Å². The van der Waals surface area contributed by atoms with E-state index >= 15 is 0 Å². The van der Waals surface area contributed by atoms with Crippen LogP contribution in [0.3, 0.4) is 0 Å². The molecule has 0 radical (unpaired) electrons. The van der Waals surface area contributed by atoms with Crippen LogP contribution < -0.4 is 4.74 Å². The van der Waals surface area contributed by atoms with Gasteiger partial charge in [0.05, 0.1) is 7.11 Å². The molecule has 0 spiro atoms. The van der Waals surface area contributed by atoms with Gasteiger partial charge in [0, 0.05) is 14.5 Å². The van der Waals surface area contributed by atoms with Crippen LogP contribution in [-0.4, -0.2) is 12.9 Å². The van der Waals surface area contributed by atoms with E-state index in [4.69, 9.17) is 4.74 Å². The number of methoxy groups -OCH3 is 1. The number of hydrogen-bond acceptors (Lipinski definition) is 2. The second-order valence-electron chi connectivity index (χ2n) is 4.23. The average molecular weight is 402 g/mol. The third-order valence-corrected chi connectivity index (χ3v) is 4.43. The maximum absolute atomic E-state index is 14.0. The summed E-state index contributed by atoms with van der Waals surface area (Å²) in [6.45, 7) is 1.91. The zero-order chi connectivity index (χ0) is 14.9. The van der Waals surface area contributed by atoms with Crippen molar-refractivity contribution in [3.63, 3.8) is 0 Å². The summed E-state index contributed by atoms with van der Waals surface area (Å²) in [5, 5.41) is 0. The molecule has 0 aromatic heterocycles. The Hall–Kier alpha value is -1.20. The fourth-order valence-electron chi connectivity index (χ4n) is 1.85. The number of carbonyl (C=O) groups is 1. The molecule has 0 N–H and O–H groups in total. The molecule has 0 fully saturated rings. The lowest BCUT2D eigenvalue weighted by atomic mass is 10.0. The molecule has 5 heteroatoms. The number of aryl methyl sites for hydroxylation is 1. The van der Waals surface area contributed by atoms with Crippen molar-refractivity contribution in [2.45, 2.75) is 6.92 Å². The Bertz CT molecular complexity index is 684. The summed E-state index contributed by atoms with van der Waals surface area (Å²) in [7, 11) is 1.41. The lowest BCUT2D eigenvalue weighted by Crippen LogP contribution is -2.08. The number of ether oxygens (including phenoxy) is 1. The van der Waals surface area contributed by atoms with Crippen LogP contribution in [0.25, 0.3) is 0 Å². The standard InChI is InChI=1S/C15H11Br2FO2/c1-8-6-11(17)9(7-10(8)16)15(19)14-12(18)4-3-5-13(14)20-2/h3-7H,1-2H3. The Balaban J connectivity index is 2.61. The molecule has 0 aliphatic heterocycles. The summed E-state index contributed by atoms with van der Waals surface area (Å²) >= 11 is 6.72. The van der Waals surface area contributed by atoms with E-state index in [2.05, 4.69) is 31.9 Å². The highest BCUT2D eigenvalue weighted by Crippen LogP contribution is 2.30. The van der Waals surface area contributed by atoms with Crippen molar-refractivity contribution in [3.8, 4) is 5.75 Å². The summed E-state index contributed by atoms with van der Waals surface area (Å²) in [4.78, 5) is 12.6. The van der Waals surface area contributed by atoms with Crippen molar-refractivity contribution >= 4 is 37.6 Å². The van der Waals surface area contributed by atoms with Gasteiger partial charge in [-0.1, -0.05) is 37.9 Å². The van der Waals surface area contributed by atoms with Crippen LogP contribution in [0.2, 0.25) is 0 Å². The molecule has 2 nitrogen and oxygen atoms in total. The molecule has 0 unspecified atom stereocenters. The molecule has 0 atom stereocenters. The molecule has 0 bridgehead atoms. The lowest BCUT2D eigenvalue weighted by molar-refractivity contribution is 0.103. The molecule has 2 rings (SSSR count). The maximum Gasteiger partial charge on any atom is 0.200 e. The van der Waals surface area contributed by atoms with Crippen molar-refractivity contribution in [1.82, 2.24) is 0 Å². The zero-order valence-corrected chi connectivity index (χ0v) is 14.0. The van der Waals surface area contributed by atoms with Crippen molar-refractivity contribution in [2.24, 2.45) is 0 Å². The number of rotatable bonds is 3. The van der Waals surface area contributed by atoms with Gasteiger partial charge in [0.2, 0.25) is 5.78 Å². The van der Waals surface area contributed by atoms with Crippen LogP contribution in [-0.2, 0) is 0 Å². The van der Waals surface area contributed by atoms with Gasteiger partial charge in [-0.2, -0.15) is 0 Å². The predicted molar refractivity (Wildman–Crippen MR) is 83.0 cm³/mol. The number of hydrogen-bond donors (Lipinski definition) is 0. The summed E-state index contributed by atoms with van der Waals surface area (Å²) in [6.07, 6.45) is 0. The first-order valence-electron chi connectivity index (χ1n) is 5.78. The van der Waals surface area contributed by atoms with Gasteiger partial charge in [-0.3, -0.25) is 4.79 Å². The van der Waals surface area contributed by atoms with Crippen LogP contribution in [0, 0.1) is 12.7 Å². The summed E-state index contributed by atoms with van der Waals surface area (Å²) in [5.74, 6) is -0.802. The fourth-order valence-corrected chi connectivity index (χ4v) is 2.83.